The minimum absolute atomic E-state index is 0.0829. The molecule has 0 radical (unpaired) electrons. The molecular weight excluding hydrogens is 424 g/mol. The Kier molecular flexibility index (Phi) is 8.28. The molecule has 0 aliphatic rings. The number of H-pyrrole nitrogens is 1. The summed E-state index contributed by atoms with van der Waals surface area (Å²) >= 11 is 6.08. The van der Waals surface area contributed by atoms with Crippen LogP contribution in [0.1, 0.15) is 57.5 Å². The number of hydrogen-bond acceptors (Lipinski definition) is 3. The van der Waals surface area contributed by atoms with Gasteiger partial charge in [0.2, 0.25) is 0 Å². The van der Waals surface area contributed by atoms with Crippen molar-refractivity contribution < 1.29 is 4.79 Å². The standard InChI is InChI=1S/C25H31ClN4O2/c1-4-14-30(16-22-27-21-15-19(26)12-13-20(21)24(31)28-22)25(32)29-23(17(5-2)6-3)18-10-8-7-9-11-18/h7-13,15,17,23H,4-6,14,16H2,1-3H3,(H,29,32)(H,27,28,31). The van der Waals surface area contributed by atoms with E-state index in [1.165, 1.54) is 0 Å². The molecule has 1 heterocycles. The Morgan fingerprint density at radius 2 is 1.84 bits per heavy atom. The van der Waals surface area contributed by atoms with Crippen molar-refractivity contribution in [2.45, 2.75) is 52.6 Å². The maximum absolute atomic E-state index is 13.3. The van der Waals surface area contributed by atoms with Gasteiger partial charge in [-0.3, -0.25) is 4.79 Å². The summed E-state index contributed by atoms with van der Waals surface area (Å²) in [5, 5.41) is 4.24. The summed E-state index contributed by atoms with van der Waals surface area (Å²) in [6, 6.07) is 14.8. The van der Waals surface area contributed by atoms with E-state index in [2.05, 4.69) is 41.3 Å². The first-order valence-electron chi connectivity index (χ1n) is 11.3. The van der Waals surface area contributed by atoms with Gasteiger partial charge in [-0.2, -0.15) is 0 Å². The fourth-order valence-electron chi connectivity index (χ4n) is 4.06. The van der Waals surface area contributed by atoms with Gasteiger partial charge in [-0.25, -0.2) is 9.78 Å². The van der Waals surface area contributed by atoms with Crippen LogP contribution in [0.5, 0.6) is 0 Å². The Balaban J connectivity index is 1.86. The molecule has 6 nitrogen and oxygen atoms in total. The quantitative estimate of drug-likeness (QED) is 0.436. The number of carbonyl (C=O) groups excluding carboxylic acids is 1. The van der Waals surface area contributed by atoms with Crippen molar-refractivity contribution in [3.05, 3.63) is 75.3 Å². The summed E-state index contributed by atoms with van der Waals surface area (Å²) in [5.41, 5.74) is 1.38. The molecule has 0 fully saturated rings. The number of fused-ring (bicyclic) bond motifs is 1. The number of aromatic amines is 1. The van der Waals surface area contributed by atoms with Gasteiger partial charge in [0.15, 0.2) is 0 Å². The molecular formula is C25H31ClN4O2. The van der Waals surface area contributed by atoms with Gasteiger partial charge in [0.1, 0.15) is 5.82 Å². The number of aromatic nitrogens is 2. The molecule has 0 saturated heterocycles. The molecule has 32 heavy (non-hydrogen) atoms. The lowest BCUT2D eigenvalue weighted by Crippen LogP contribution is -2.44. The number of carbonyl (C=O) groups is 1. The largest absolute Gasteiger partial charge is 0.331 e. The minimum atomic E-state index is -0.238. The van der Waals surface area contributed by atoms with E-state index in [9.17, 15) is 9.59 Å². The molecule has 0 saturated carbocycles. The van der Waals surface area contributed by atoms with E-state index in [-0.39, 0.29) is 24.2 Å². The van der Waals surface area contributed by atoms with Crippen molar-refractivity contribution in [2.24, 2.45) is 5.92 Å². The van der Waals surface area contributed by atoms with Crippen LogP contribution in [0, 0.1) is 5.92 Å². The lowest BCUT2D eigenvalue weighted by Gasteiger charge is -2.30. The van der Waals surface area contributed by atoms with Crippen LogP contribution in [0.15, 0.2) is 53.3 Å². The third-order valence-electron chi connectivity index (χ3n) is 5.80. The average molecular weight is 455 g/mol. The van der Waals surface area contributed by atoms with E-state index in [4.69, 9.17) is 11.6 Å². The highest BCUT2D eigenvalue weighted by Gasteiger charge is 2.25. The molecule has 1 unspecified atom stereocenters. The minimum Gasteiger partial charge on any atom is -0.331 e. The fraction of sp³-hybridized carbons (Fsp3) is 0.400. The number of nitrogens with zero attached hydrogens (tertiary/aromatic N) is 2. The molecule has 1 atom stereocenters. The zero-order valence-electron chi connectivity index (χ0n) is 18.9. The normalized spacial score (nSPS) is 12.2. The molecule has 7 heteroatoms. The van der Waals surface area contributed by atoms with Crippen LogP contribution in [-0.4, -0.2) is 27.4 Å². The van der Waals surface area contributed by atoms with E-state index in [0.717, 1.165) is 24.8 Å². The molecule has 0 spiro atoms. The highest BCUT2D eigenvalue weighted by atomic mass is 35.5. The molecule has 1 aromatic heterocycles. The highest BCUT2D eigenvalue weighted by molar-refractivity contribution is 6.31. The average Bonchev–Trinajstić information content (AvgIpc) is 2.79. The van der Waals surface area contributed by atoms with Crippen molar-refractivity contribution in [2.75, 3.05) is 6.54 Å². The van der Waals surface area contributed by atoms with E-state index >= 15 is 0 Å². The molecule has 0 bridgehead atoms. The van der Waals surface area contributed by atoms with E-state index in [0.29, 0.717) is 34.2 Å². The molecule has 2 aromatic carbocycles. The molecule has 0 aliphatic carbocycles. The van der Waals surface area contributed by atoms with E-state index in [1.807, 2.05) is 25.1 Å². The van der Waals surface area contributed by atoms with Crippen molar-refractivity contribution in [1.29, 1.82) is 0 Å². The predicted octanol–water partition coefficient (Wildman–Crippen LogP) is 5.68. The maximum atomic E-state index is 13.3. The lowest BCUT2D eigenvalue weighted by molar-refractivity contribution is 0.183. The summed E-state index contributed by atoms with van der Waals surface area (Å²) in [7, 11) is 0. The second-order valence-corrected chi connectivity index (χ2v) is 8.45. The molecule has 2 N–H and O–H groups in total. The monoisotopic (exact) mass is 454 g/mol. The smallest absolute Gasteiger partial charge is 0.318 e. The predicted molar refractivity (Wildman–Crippen MR) is 130 cm³/mol. The zero-order valence-corrected chi connectivity index (χ0v) is 19.7. The van der Waals surface area contributed by atoms with Crippen LogP contribution in [-0.2, 0) is 6.54 Å². The lowest BCUT2D eigenvalue weighted by atomic mass is 9.89. The van der Waals surface area contributed by atoms with E-state index < -0.39 is 0 Å². The highest BCUT2D eigenvalue weighted by Crippen LogP contribution is 2.27. The molecule has 170 valence electrons. The number of amides is 2. The first-order valence-corrected chi connectivity index (χ1v) is 11.6. The van der Waals surface area contributed by atoms with Gasteiger partial charge in [0, 0.05) is 11.6 Å². The first-order chi connectivity index (χ1) is 15.5. The first kappa shape index (κ1) is 23.8. The molecule has 3 rings (SSSR count). The van der Waals surface area contributed by atoms with Gasteiger partial charge < -0.3 is 15.2 Å². The van der Waals surface area contributed by atoms with Crippen LogP contribution in [0.3, 0.4) is 0 Å². The second-order valence-electron chi connectivity index (χ2n) is 8.01. The van der Waals surface area contributed by atoms with Crippen molar-refractivity contribution in [3.63, 3.8) is 0 Å². The SMILES string of the molecule is CCCN(Cc1nc2cc(Cl)ccc2c(=O)[nH]1)C(=O)NC(c1ccccc1)C(CC)CC. The second kappa shape index (κ2) is 11.1. The zero-order chi connectivity index (χ0) is 23.1. The Morgan fingerprint density at radius 3 is 2.50 bits per heavy atom. The van der Waals surface area contributed by atoms with Crippen LogP contribution < -0.4 is 10.9 Å². The van der Waals surface area contributed by atoms with Gasteiger partial charge in [-0.15, -0.1) is 0 Å². The third kappa shape index (κ3) is 5.68. The van der Waals surface area contributed by atoms with Crippen LogP contribution >= 0.6 is 11.6 Å². The Hall–Kier alpha value is -2.86. The number of rotatable bonds is 9. The molecule has 3 aromatic rings. The van der Waals surface area contributed by atoms with Gasteiger partial charge in [0.05, 0.1) is 23.5 Å². The van der Waals surface area contributed by atoms with Gasteiger partial charge in [0.25, 0.3) is 5.56 Å². The van der Waals surface area contributed by atoms with Crippen molar-refractivity contribution in [1.82, 2.24) is 20.2 Å². The topological polar surface area (TPSA) is 78.1 Å². The number of halogens is 1. The molecule has 2 amide bonds. The van der Waals surface area contributed by atoms with Gasteiger partial charge in [-0.05, 0) is 36.1 Å². The number of nitrogens with one attached hydrogen (secondary N) is 2. The summed E-state index contributed by atoms with van der Waals surface area (Å²) in [4.78, 5) is 34.9. The maximum Gasteiger partial charge on any atom is 0.318 e. The number of urea groups is 1. The summed E-state index contributed by atoms with van der Waals surface area (Å²) in [5.74, 6) is 0.762. The van der Waals surface area contributed by atoms with Gasteiger partial charge in [-0.1, -0.05) is 75.5 Å². The Labute approximate surface area is 194 Å². The summed E-state index contributed by atoms with van der Waals surface area (Å²) in [6.45, 7) is 7.07. The fourth-order valence-corrected chi connectivity index (χ4v) is 4.22. The Bertz CT molecular complexity index is 1100. The number of hydrogen-bond donors (Lipinski definition) is 2. The third-order valence-corrected chi connectivity index (χ3v) is 6.03. The van der Waals surface area contributed by atoms with Crippen LogP contribution in [0.4, 0.5) is 4.79 Å². The number of benzene rings is 2. The van der Waals surface area contributed by atoms with E-state index in [1.54, 1.807) is 23.1 Å². The van der Waals surface area contributed by atoms with Crippen LogP contribution in [0.2, 0.25) is 5.02 Å². The summed E-state index contributed by atoms with van der Waals surface area (Å²) < 4.78 is 0. The summed E-state index contributed by atoms with van der Waals surface area (Å²) in [6.07, 6.45) is 2.72. The van der Waals surface area contributed by atoms with Crippen LogP contribution in [0.25, 0.3) is 10.9 Å². The van der Waals surface area contributed by atoms with Gasteiger partial charge >= 0.3 is 6.03 Å². The molecule has 0 aliphatic heterocycles. The Morgan fingerprint density at radius 1 is 1.12 bits per heavy atom. The van der Waals surface area contributed by atoms with Crippen molar-refractivity contribution in [3.8, 4) is 0 Å². The van der Waals surface area contributed by atoms with Crippen molar-refractivity contribution >= 4 is 28.5 Å².